The molecule has 0 saturated heterocycles. The molecular formula is C9H11BrFN3O3S. The van der Waals surface area contributed by atoms with Gasteiger partial charge in [0.1, 0.15) is 10.7 Å². The topological polar surface area (TPSA) is 115 Å². The Hall–Kier alpha value is -1.19. The molecule has 0 fully saturated rings. The van der Waals surface area contributed by atoms with E-state index in [0.29, 0.717) is 0 Å². The first kappa shape index (κ1) is 14.9. The van der Waals surface area contributed by atoms with Gasteiger partial charge in [0.15, 0.2) is 0 Å². The second-order valence-corrected chi connectivity index (χ2v) is 6.09. The number of nitrogen functional groups attached to an aromatic ring is 1. The Labute approximate surface area is 112 Å². The molecule has 18 heavy (non-hydrogen) atoms. The van der Waals surface area contributed by atoms with Crippen LogP contribution in [-0.2, 0) is 14.8 Å². The third-order valence-corrected chi connectivity index (χ3v) is 4.31. The van der Waals surface area contributed by atoms with Crippen LogP contribution in [0.5, 0.6) is 0 Å². The van der Waals surface area contributed by atoms with E-state index in [1.54, 1.807) is 0 Å². The van der Waals surface area contributed by atoms with Gasteiger partial charge >= 0.3 is 0 Å². The molecular weight excluding hydrogens is 329 g/mol. The third-order valence-electron chi connectivity index (χ3n) is 2.10. The monoisotopic (exact) mass is 339 g/mol. The lowest BCUT2D eigenvalue weighted by atomic mass is 10.3. The van der Waals surface area contributed by atoms with Crippen molar-refractivity contribution in [3.63, 3.8) is 0 Å². The van der Waals surface area contributed by atoms with Crippen molar-refractivity contribution in [1.29, 1.82) is 0 Å². The number of primary amides is 1. The maximum atomic E-state index is 13.1. The molecule has 1 amide bonds. The Morgan fingerprint density at radius 3 is 2.56 bits per heavy atom. The summed E-state index contributed by atoms with van der Waals surface area (Å²) in [4.78, 5) is 10.5. The molecule has 1 rings (SSSR count). The minimum absolute atomic E-state index is 0.0520. The van der Waals surface area contributed by atoms with Crippen molar-refractivity contribution < 1.29 is 17.6 Å². The van der Waals surface area contributed by atoms with Gasteiger partial charge in [0.05, 0.1) is 16.2 Å². The SMILES string of the molecule is CC(NS(=O)(=O)c1cc(Br)c(F)cc1N)C(N)=O. The lowest BCUT2D eigenvalue weighted by Gasteiger charge is -2.13. The molecule has 5 N–H and O–H groups in total. The average molecular weight is 340 g/mol. The van der Waals surface area contributed by atoms with E-state index in [0.717, 1.165) is 12.1 Å². The highest BCUT2D eigenvalue weighted by molar-refractivity contribution is 9.10. The highest BCUT2D eigenvalue weighted by Crippen LogP contribution is 2.26. The molecule has 0 saturated carbocycles. The van der Waals surface area contributed by atoms with Gasteiger partial charge in [0.25, 0.3) is 0 Å². The Balaban J connectivity index is 3.21. The molecule has 6 nitrogen and oxygen atoms in total. The third kappa shape index (κ3) is 3.18. The molecule has 1 atom stereocenters. The quantitative estimate of drug-likeness (QED) is 0.685. The van der Waals surface area contributed by atoms with Crippen LogP contribution in [0.3, 0.4) is 0 Å². The second kappa shape index (κ2) is 5.21. The summed E-state index contributed by atoms with van der Waals surface area (Å²) in [6.07, 6.45) is 0. The van der Waals surface area contributed by atoms with Crippen molar-refractivity contribution in [2.24, 2.45) is 5.73 Å². The van der Waals surface area contributed by atoms with Gasteiger partial charge in [-0.2, -0.15) is 4.72 Å². The van der Waals surface area contributed by atoms with E-state index in [1.807, 2.05) is 4.72 Å². The zero-order valence-electron chi connectivity index (χ0n) is 9.28. The van der Waals surface area contributed by atoms with E-state index in [1.165, 1.54) is 6.92 Å². The first-order valence-electron chi connectivity index (χ1n) is 4.71. The number of carbonyl (C=O) groups is 1. The largest absolute Gasteiger partial charge is 0.398 e. The van der Waals surface area contributed by atoms with Gasteiger partial charge in [0, 0.05) is 0 Å². The number of amides is 1. The van der Waals surface area contributed by atoms with Crippen LogP contribution in [0.2, 0.25) is 0 Å². The van der Waals surface area contributed by atoms with Crippen LogP contribution in [-0.4, -0.2) is 20.4 Å². The second-order valence-electron chi connectivity index (χ2n) is 3.55. The fourth-order valence-electron chi connectivity index (χ4n) is 1.13. The highest BCUT2D eigenvalue weighted by atomic mass is 79.9. The molecule has 0 heterocycles. The predicted molar refractivity (Wildman–Crippen MR) is 67.5 cm³/mol. The van der Waals surface area contributed by atoms with Crippen LogP contribution in [0.15, 0.2) is 21.5 Å². The van der Waals surface area contributed by atoms with E-state index in [4.69, 9.17) is 11.5 Å². The number of nitrogens with one attached hydrogen (secondary N) is 1. The number of anilines is 1. The summed E-state index contributed by atoms with van der Waals surface area (Å²) in [5.41, 5.74) is 10.1. The Morgan fingerprint density at radius 2 is 2.06 bits per heavy atom. The van der Waals surface area contributed by atoms with Gasteiger partial charge in [0.2, 0.25) is 15.9 Å². The first-order chi connectivity index (χ1) is 8.15. The number of hydrogen-bond donors (Lipinski definition) is 3. The van der Waals surface area contributed by atoms with E-state index in [-0.39, 0.29) is 15.1 Å². The fourth-order valence-corrected chi connectivity index (χ4v) is 2.98. The Bertz CT molecular complexity index is 591. The number of rotatable bonds is 4. The van der Waals surface area contributed by atoms with E-state index in [9.17, 15) is 17.6 Å². The molecule has 0 radical (unpaired) electrons. The van der Waals surface area contributed by atoms with Crippen LogP contribution >= 0.6 is 15.9 Å². The molecule has 1 aromatic rings. The van der Waals surface area contributed by atoms with Crippen molar-refractivity contribution in [3.8, 4) is 0 Å². The van der Waals surface area contributed by atoms with Crippen molar-refractivity contribution in [2.45, 2.75) is 17.9 Å². The molecule has 1 aromatic carbocycles. The van der Waals surface area contributed by atoms with Crippen LogP contribution in [0, 0.1) is 5.82 Å². The first-order valence-corrected chi connectivity index (χ1v) is 6.99. The molecule has 0 aliphatic heterocycles. The normalized spacial score (nSPS) is 13.3. The molecule has 0 aliphatic rings. The zero-order valence-corrected chi connectivity index (χ0v) is 11.7. The van der Waals surface area contributed by atoms with Gasteiger partial charge in [-0.3, -0.25) is 4.79 Å². The summed E-state index contributed by atoms with van der Waals surface area (Å²) in [5.74, 6) is -1.52. The van der Waals surface area contributed by atoms with Crippen molar-refractivity contribution in [2.75, 3.05) is 5.73 Å². The molecule has 9 heteroatoms. The molecule has 0 aromatic heterocycles. The number of hydrogen-bond acceptors (Lipinski definition) is 4. The van der Waals surface area contributed by atoms with E-state index < -0.39 is 27.8 Å². The minimum atomic E-state index is -4.05. The molecule has 1 unspecified atom stereocenters. The van der Waals surface area contributed by atoms with Gasteiger partial charge in [-0.25, -0.2) is 12.8 Å². The summed E-state index contributed by atoms with van der Waals surface area (Å²) in [6.45, 7) is 1.29. The maximum absolute atomic E-state index is 13.1. The van der Waals surface area contributed by atoms with Crippen molar-refractivity contribution in [1.82, 2.24) is 4.72 Å². The highest BCUT2D eigenvalue weighted by Gasteiger charge is 2.23. The smallest absolute Gasteiger partial charge is 0.243 e. The number of carbonyl (C=O) groups excluding carboxylic acids is 1. The molecule has 0 spiro atoms. The van der Waals surface area contributed by atoms with Crippen LogP contribution in [0.1, 0.15) is 6.92 Å². The van der Waals surface area contributed by atoms with Gasteiger partial charge in [-0.15, -0.1) is 0 Å². The lowest BCUT2D eigenvalue weighted by molar-refractivity contribution is -0.119. The summed E-state index contributed by atoms with van der Waals surface area (Å²) < 4.78 is 38.9. The van der Waals surface area contributed by atoms with Crippen molar-refractivity contribution in [3.05, 3.63) is 22.4 Å². The maximum Gasteiger partial charge on any atom is 0.243 e. The fraction of sp³-hybridized carbons (Fsp3) is 0.222. The summed E-state index contributed by atoms with van der Waals surface area (Å²) in [7, 11) is -4.05. The zero-order chi connectivity index (χ0) is 14.1. The Morgan fingerprint density at radius 1 is 1.50 bits per heavy atom. The minimum Gasteiger partial charge on any atom is -0.398 e. The summed E-state index contributed by atoms with van der Waals surface area (Å²) in [5, 5.41) is 0. The standard InChI is InChI=1S/C9H11BrFN3O3S/c1-4(9(13)15)14-18(16,17)8-2-5(10)6(11)3-7(8)12/h2-4,14H,12H2,1H3,(H2,13,15). The number of halogens is 2. The van der Waals surface area contributed by atoms with Crippen LogP contribution in [0.4, 0.5) is 10.1 Å². The average Bonchev–Trinajstić information content (AvgIpc) is 2.22. The van der Waals surface area contributed by atoms with Gasteiger partial charge < -0.3 is 11.5 Å². The van der Waals surface area contributed by atoms with Crippen molar-refractivity contribution >= 4 is 37.5 Å². The van der Waals surface area contributed by atoms with Gasteiger partial charge in [-0.1, -0.05) is 0 Å². The number of nitrogens with two attached hydrogens (primary N) is 2. The lowest BCUT2D eigenvalue weighted by Crippen LogP contribution is -2.42. The molecule has 0 aliphatic carbocycles. The summed E-state index contributed by atoms with van der Waals surface area (Å²) in [6, 6.07) is 0.784. The number of sulfonamides is 1. The Kier molecular flexibility index (Phi) is 4.30. The molecule has 100 valence electrons. The van der Waals surface area contributed by atoms with Crippen LogP contribution < -0.4 is 16.2 Å². The predicted octanol–water partition coefficient (Wildman–Crippen LogP) is 0.323. The van der Waals surface area contributed by atoms with Crippen LogP contribution in [0.25, 0.3) is 0 Å². The van der Waals surface area contributed by atoms with E-state index >= 15 is 0 Å². The number of benzene rings is 1. The molecule has 0 bridgehead atoms. The van der Waals surface area contributed by atoms with Gasteiger partial charge in [-0.05, 0) is 35.0 Å². The summed E-state index contributed by atoms with van der Waals surface area (Å²) >= 11 is 2.85. The van der Waals surface area contributed by atoms with E-state index in [2.05, 4.69) is 15.9 Å².